The second-order valence-corrected chi connectivity index (χ2v) is 5.39. The molecule has 4 heteroatoms. The molecule has 2 unspecified atom stereocenters. The van der Waals surface area contributed by atoms with E-state index in [1.807, 2.05) is 25.1 Å². The van der Waals surface area contributed by atoms with Gasteiger partial charge in [0.05, 0.1) is 19.3 Å². The van der Waals surface area contributed by atoms with Gasteiger partial charge in [0.1, 0.15) is 5.75 Å². The van der Waals surface area contributed by atoms with Crippen molar-refractivity contribution in [2.45, 2.75) is 25.9 Å². The van der Waals surface area contributed by atoms with Crippen LogP contribution in [0.25, 0.3) is 0 Å². The average Bonchev–Trinajstić information content (AvgIpc) is 2.40. The second-order valence-electron chi connectivity index (χ2n) is 4.54. The summed E-state index contributed by atoms with van der Waals surface area (Å²) in [6.45, 7) is 4.05. The molecule has 1 aromatic carbocycles. The summed E-state index contributed by atoms with van der Waals surface area (Å²) in [5.41, 5.74) is 0.911. The first-order chi connectivity index (χ1) is 8.72. The molecule has 1 aromatic rings. The summed E-state index contributed by atoms with van der Waals surface area (Å²) < 4.78 is 11.8. The molecule has 1 fully saturated rings. The Morgan fingerprint density at radius 3 is 3.00 bits per heavy atom. The van der Waals surface area contributed by atoms with Gasteiger partial charge in [0, 0.05) is 17.0 Å². The minimum Gasteiger partial charge on any atom is -0.494 e. The van der Waals surface area contributed by atoms with E-state index in [0.29, 0.717) is 13.2 Å². The third-order valence-electron chi connectivity index (χ3n) is 3.24. The largest absolute Gasteiger partial charge is 0.494 e. The summed E-state index contributed by atoms with van der Waals surface area (Å²) in [6.07, 6.45) is 1.56. The maximum Gasteiger partial charge on any atom is 0.120 e. The normalized spacial score (nSPS) is 21.6. The van der Waals surface area contributed by atoms with Crippen LogP contribution in [-0.2, 0) is 4.74 Å². The molecule has 0 amide bonds. The van der Waals surface area contributed by atoms with Gasteiger partial charge < -0.3 is 14.6 Å². The Balaban J connectivity index is 2.11. The molecule has 0 saturated carbocycles. The molecule has 1 aliphatic heterocycles. The quantitative estimate of drug-likeness (QED) is 0.926. The Labute approximate surface area is 116 Å². The second kappa shape index (κ2) is 6.55. The molecule has 1 heterocycles. The van der Waals surface area contributed by atoms with Crippen molar-refractivity contribution in [2.75, 3.05) is 19.8 Å². The molecule has 1 N–H and O–H groups in total. The number of halogens is 1. The van der Waals surface area contributed by atoms with Crippen LogP contribution in [0, 0.1) is 5.92 Å². The Morgan fingerprint density at radius 1 is 1.56 bits per heavy atom. The fraction of sp³-hybridized carbons (Fsp3) is 0.571. The average molecular weight is 315 g/mol. The molecule has 0 aromatic heterocycles. The van der Waals surface area contributed by atoms with Crippen molar-refractivity contribution >= 4 is 15.9 Å². The van der Waals surface area contributed by atoms with Gasteiger partial charge in [-0.25, -0.2) is 0 Å². The maximum atomic E-state index is 10.4. The monoisotopic (exact) mass is 314 g/mol. The Morgan fingerprint density at radius 2 is 2.39 bits per heavy atom. The zero-order valence-electron chi connectivity index (χ0n) is 10.6. The molecule has 3 nitrogen and oxygen atoms in total. The van der Waals surface area contributed by atoms with Crippen molar-refractivity contribution in [3.8, 4) is 5.75 Å². The van der Waals surface area contributed by atoms with E-state index in [9.17, 15) is 5.11 Å². The van der Waals surface area contributed by atoms with Crippen LogP contribution in [0.3, 0.4) is 0 Å². The van der Waals surface area contributed by atoms with E-state index in [4.69, 9.17) is 9.47 Å². The molecule has 2 atom stereocenters. The molecular weight excluding hydrogens is 296 g/mol. The predicted molar refractivity (Wildman–Crippen MR) is 73.8 cm³/mol. The van der Waals surface area contributed by atoms with E-state index in [2.05, 4.69) is 15.9 Å². The van der Waals surface area contributed by atoms with Gasteiger partial charge in [0.15, 0.2) is 0 Å². The highest BCUT2D eigenvalue weighted by Gasteiger charge is 2.25. The van der Waals surface area contributed by atoms with Crippen molar-refractivity contribution < 1.29 is 14.6 Å². The van der Waals surface area contributed by atoms with E-state index >= 15 is 0 Å². The van der Waals surface area contributed by atoms with Gasteiger partial charge in [-0.2, -0.15) is 0 Å². The van der Waals surface area contributed by atoms with Gasteiger partial charge in [-0.15, -0.1) is 0 Å². The first-order valence-electron chi connectivity index (χ1n) is 6.40. The highest BCUT2D eigenvalue weighted by Crippen LogP contribution is 2.34. The molecule has 1 aliphatic rings. The van der Waals surface area contributed by atoms with Crippen LogP contribution in [0.2, 0.25) is 0 Å². The SMILES string of the molecule is CCOc1ccc(C(O)C2CCCOC2)c(Br)c1. The van der Waals surface area contributed by atoms with Gasteiger partial charge in [-0.3, -0.25) is 0 Å². The summed E-state index contributed by atoms with van der Waals surface area (Å²) in [5, 5.41) is 10.4. The molecule has 18 heavy (non-hydrogen) atoms. The zero-order chi connectivity index (χ0) is 13.0. The Kier molecular flexibility index (Phi) is 5.03. The fourth-order valence-corrected chi connectivity index (χ4v) is 2.87. The lowest BCUT2D eigenvalue weighted by molar-refractivity contribution is -0.0102. The molecule has 0 radical (unpaired) electrons. The van der Waals surface area contributed by atoms with Crippen molar-refractivity contribution in [3.05, 3.63) is 28.2 Å². The maximum absolute atomic E-state index is 10.4. The lowest BCUT2D eigenvalue weighted by Crippen LogP contribution is -2.23. The predicted octanol–water partition coefficient (Wildman–Crippen LogP) is 3.31. The summed E-state index contributed by atoms with van der Waals surface area (Å²) in [4.78, 5) is 0. The molecule has 100 valence electrons. The lowest BCUT2D eigenvalue weighted by Gasteiger charge is -2.27. The molecule has 0 spiro atoms. The topological polar surface area (TPSA) is 38.7 Å². The molecule has 0 bridgehead atoms. The van der Waals surface area contributed by atoms with Crippen molar-refractivity contribution in [1.29, 1.82) is 0 Å². The van der Waals surface area contributed by atoms with Gasteiger partial charge in [0.25, 0.3) is 0 Å². The third kappa shape index (κ3) is 3.25. The van der Waals surface area contributed by atoms with Gasteiger partial charge in [-0.05, 0) is 37.5 Å². The van der Waals surface area contributed by atoms with Crippen LogP contribution >= 0.6 is 15.9 Å². The number of hydrogen-bond acceptors (Lipinski definition) is 3. The molecule has 1 saturated heterocycles. The summed E-state index contributed by atoms with van der Waals surface area (Å²) in [7, 11) is 0. The number of hydrogen-bond donors (Lipinski definition) is 1. The standard InChI is InChI=1S/C14H19BrO3/c1-2-18-11-5-6-12(13(15)8-11)14(16)10-4-3-7-17-9-10/h5-6,8,10,14,16H,2-4,7,9H2,1H3. The summed E-state index contributed by atoms with van der Waals surface area (Å²) in [5.74, 6) is 1.01. The Bertz CT molecular complexity index is 389. The van der Waals surface area contributed by atoms with Crippen molar-refractivity contribution in [1.82, 2.24) is 0 Å². The first kappa shape index (κ1) is 13.8. The highest BCUT2D eigenvalue weighted by molar-refractivity contribution is 9.10. The number of ether oxygens (including phenoxy) is 2. The van der Waals surface area contributed by atoms with Gasteiger partial charge >= 0.3 is 0 Å². The van der Waals surface area contributed by atoms with E-state index in [-0.39, 0.29) is 5.92 Å². The van der Waals surface area contributed by atoms with E-state index < -0.39 is 6.10 Å². The molecule has 0 aliphatic carbocycles. The summed E-state index contributed by atoms with van der Waals surface area (Å²) in [6, 6.07) is 5.73. The van der Waals surface area contributed by atoms with Gasteiger partial charge in [-0.1, -0.05) is 22.0 Å². The van der Waals surface area contributed by atoms with Gasteiger partial charge in [0.2, 0.25) is 0 Å². The van der Waals surface area contributed by atoms with Crippen molar-refractivity contribution in [2.24, 2.45) is 5.92 Å². The van der Waals surface area contributed by atoms with Crippen LogP contribution < -0.4 is 4.74 Å². The van der Waals surface area contributed by atoms with E-state index in [1.54, 1.807) is 0 Å². The van der Waals surface area contributed by atoms with Crippen LogP contribution in [0.5, 0.6) is 5.75 Å². The summed E-state index contributed by atoms with van der Waals surface area (Å²) >= 11 is 3.50. The Hall–Kier alpha value is -0.580. The van der Waals surface area contributed by atoms with E-state index in [1.165, 1.54) is 0 Å². The van der Waals surface area contributed by atoms with E-state index in [0.717, 1.165) is 35.2 Å². The lowest BCUT2D eigenvalue weighted by atomic mass is 9.91. The molecule has 2 rings (SSSR count). The van der Waals surface area contributed by atoms with Crippen LogP contribution in [-0.4, -0.2) is 24.9 Å². The number of aliphatic hydroxyl groups excluding tert-OH is 1. The first-order valence-corrected chi connectivity index (χ1v) is 7.19. The smallest absolute Gasteiger partial charge is 0.120 e. The zero-order valence-corrected chi connectivity index (χ0v) is 12.1. The van der Waals surface area contributed by atoms with Crippen LogP contribution in [0.15, 0.2) is 22.7 Å². The number of benzene rings is 1. The van der Waals surface area contributed by atoms with Crippen LogP contribution in [0.4, 0.5) is 0 Å². The minimum absolute atomic E-state index is 0.188. The minimum atomic E-state index is -0.477. The number of rotatable bonds is 4. The third-order valence-corrected chi connectivity index (χ3v) is 3.93. The van der Waals surface area contributed by atoms with Crippen LogP contribution in [0.1, 0.15) is 31.4 Å². The van der Waals surface area contributed by atoms with Crippen molar-refractivity contribution in [3.63, 3.8) is 0 Å². The highest BCUT2D eigenvalue weighted by atomic mass is 79.9. The molecular formula is C14H19BrO3. The number of aliphatic hydroxyl groups is 1. The fourth-order valence-electron chi connectivity index (χ4n) is 2.27.